The SMILES string of the molecule is CCc1ccc(C(=O)N(CCOC)CC(=O)N(Cc2cccn2Cc2cccc(C)c2)C(C)(C)C)cc1. The van der Waals surface area contributed by atoms with Gasteiger partial charge in [0.05, 0.1) is 13.2 Å². The van der Waals surface area contributed by atoms with Gasteiger partial charge in [0.1, 0.15) is 6.54 Å². The molecule has 0 saturated carbocycles. The Morgan fingerprint density at radius 3 is 2.32 bits per heavy atom. The molecule has 0 aliphatic rings. The molecule has 3 aromatic rings. The monoisotopic (exact) mass is 503 g/mol. The van der Waals surface area contributed by atoms with E-state index in [1.54, 1.807) is 12.0 Å². The molecular formula is C31H41N3O3. The van der Waals surface area contributed by atoms with Gasteiger partial charge in [0.2, 0.25) is 5.91 Å². The van der Waals surface area contributed by atoms with Gasteiger partial charge in [-0.3, -0.25) is 9.59 Å². The number of aryl methyl sites for hydroxylation is 2. The van der Waals surface area contributed by atoms with Crippen LogP contribution >= 0.6 is 0 Å². The molecule has 0 spiro atoms. The van der Waals surface area contributed by atoms with Gasteiger partial charge in [-0.05, 0) is 69.5 Å². The van der Waals surface area contributed by atoms with Crippen molar-refractivity contribution in [2.45, 2.75) is 59.7 Å². The number of ether oxygens (including phenoxy) is 1. The molecule has 0 saturated heterocycles. The second kappa shape index (κ2) is 12.7. The largest absolute Gasteiger partial charge is 0.383 e. The van der Waals surface area contributed by atoms with E-state index in [1.807, 2.05) is 56.0 Å². The predicted octanol–water partition coefficient (Wildman–Crippen LogP) is 5.32. The van der Waals surface area contributed by atoms with Crippen molar-refractivity contribution in [1.29, 1.82) is 0 Å². The van der Waals surface area contributed by atoms with Gasteiger partial charge in [0.15, 0.2) is 0 Å². The molecule has 37 heavy (non-hydrogen) atoms. The Kier molecular flexibility index (Phi) is 9.70. The highest BCUT2D eigenvalue weighted by atomic mass is 16.5. The van der Waals surface area contributed by atoms with E-state index in [4.69, 9.17) is 4.74 Å². The standard InChI is InChI=1S/C31H41N3O3/c1-7-25-13-15-27(16-14-25)30(36)33(18-19-37-6)23-29(35)34(31(3,4)5)22-28-12-9-17-32(28)21-26-11-8-10-24(2)20-26/h8-17,20H,7,18-19,21-23H2,1-6H3. The average Bonchev–Trinajstić information content (AvgIpc) is 3.30. The minimum absolute atomic E-state index is 0.00637. The Hall–Kier alpha value is -3.38. The molecule has 0 radical (unpaired) electrons. The molecule has 198 valence electrons. The van der Waals surface area contributed by atoms with Crippen LogP contribution in [-0.2, 0) is 29.0 Å². The smallest absolute Gasteiger partial charge is 0.254 e. The van der Waals surface area contributed by atoms with E-state index in [0.717, 1.165) is 18.7 Å². The van der Waals surface area contributed by atoms with Crippen LogP contribution in [0.1, 0.15) is 60.4 Å². The van der Waals surface area contributed by atoms with E-state index < -0.39 is 5.54 Å². The zero-order chi connectivity index (χ0) is 27.0. The molecule has 2 amide bonds. The number of methoxy groups -OCH3 is 1. The maximum atomic E-state index is 13.7. The zero-order valence-corrected chi connectivity index (χ0v) is 23.2. The van der Waals surface area contributed by atoms with E-state index in [1.165, 1.54) is 16.7 Å². The van der Waals surface area contributed by atoms with Crippen molar-refractivity contribution >= 4 is 11.8 Å². The summed E-state index contributed by atoms with van der Waals surface area (Å²) in [5.41, 5.74) is 4.82. The molecule has 0 atom stereocenters. The molecule has 3 rings (SSSR count). The molecule has 6 heteroatoms. The first-order valence-corrected chi connectivity index (χ1v) is 13.0. The number of nitrogens with zero attached hydrogens (tertiary/aromatic N) is 3. The fourth-order valence-corrected chi connectivity index (χ4v) is 4.38. The molecular weight excluding hydrogens is 462 g/mol. The van der Waals surface area contributed by atoms with E-state index >= 15 is 0 Å². The molecule has 0 N–H and O–H groups in total. The summed E-state index contributed by atoms with van der Waals surface area (Å²) in [6, 6.07) is 20.2. The van der Waals surface area contributed by atoms with Crippen molar-refractivity contribution in [3.63, 3.8) is 0 Å². The first kappa shape index (κ1) is 28.2. The summed E-state index contributed by atoms with van der Waals surface area (Å²) in [5, 5.41) is 0. The molecule has 6 nitrogen and oxygen atoms in total. The Bertz CT molecular complexity index is 1170. The molecule has 0 unspecified atom stereocenters. The number of carbonyl (C=O) groups is 2. The van der Waals surface area contributed by atoms with Crippen molar-refractivity contribution in [3.8, 4) is 0 Å². The number of amides is 2. The summed E-state index contributed by atoms with van der Waals surface area (Å²) in [6.45, 7) is 12.2. The van der Waals surface area contributed by atoms with Crippen LogP contribution in [0.2, 0.25) is 0 Å². The van der Waals surface area contributed by atoms with Crippen LogP contribution in [0, 0.1) is 6.92 Å². The van der Waals surface area contributed by atoms with Crippen molar-refractivity contribution in [1.82, 2.24) is 14.4 Å². The zero-order valence-electron chi connectivity index (χ0n) is 23.2. The normalized spacial score (nSPS) is 11.4. The molecule has 0 aliphatic heterocycles. The maximum absolute atomic E-state index is 13.7. The second-order valence-electron chi connectivity index (χ2n) is 10.5. The van der Waals surface area contributed by atoms with Crippen LogP contribution in [-0.4, -0.2) is 58.5 Å². The highest BCUT2D eigenvalue weighted by Gasteiger charge is 2.30. The highest BCUT2D eigenvalue weighted by Crippen LogP contribution is 2.20. The third-order valence-corrected chi connectivity index (χ3v) is 6.58. The maximum Gasteiger partial charge on any atom is 0.254 e. The van der Waals surface area contributed by atoms with Gasteiger partial charge in [-0.25, -0.2) is 0 Å². The summed E-state index contributed by atoms with van der Waals surface area (Å²) in [4.78, 5) is 30.5. The van der Waals surface area contributed by atoms with Gasteiger partial charge in [-0.2, -0.15) is 0 Å². The Morgan fingerprint density at radius 2 is 1.70 bits per heavy atom. The molecule has 0 aliphatic carbocycles. The number of carbonyl (C=O) groups excluding carboxylic acids is 2. The third-order valence-electron chi connectivity index (χ3n) is 6.58. The topological polar surface area (TPSA) is 54.8 Å². The Balaban J connectivity index is 1.80. The summed E-state index contributed by atoms with van der Waals surface area (Å²) in [5.74, 6) is -0.254. The van der Waals surface area contributed by atoms with Gasteiger partial charge in [-0.1, -0.05) is 48.9 Å². The van der Waals surface area contributed by atoms with E-state index in [-0.39, 0.29) is 18.4 Å². The predicted molar refractivity (Wildman–Crippen MR) is 149 cm³/mol. The van der Waals surface area contributed by atoms with Crippen molar-refractivity contribution in [2.24, 2.45) is 0 Å². The van der Waals surface area contributed by atoms with Gasteiger partial charge in [0, 0.05) is 43.2 Å². The first-order chi connectivity index (χ1) is 17.6. The molecule has 2 aromatic carbocycles. The lowest BCUT2D eigenvalue weighted by molar-refractivity contribution is -0.137. The number of rotatable bonds is 11. The van der Waals surface area contributed by atoms with E-state index in [9.17, 15) is 9.59 Å². The van der Waals surface area contributed by atoms with Crippen LogP contribution in [0.5, 0.6) is 0 Å². The van der Waals surface area contributed by atoms with Crippen LogP contribution in [0.15, 0.2) is 66.9 Å². The van der Waals surface area contributed by atoms with Gasteiger partial charge in [0.25, 0.3) is 5.91 Å². The summed E-state index contributed by atoms with van der Waals surface area (Å²) in [6.07, 6.45) is 2.96. The lowest BCUT2D eigenvalue weighted by Crippen LogP contribution is -2.50. The quantitative estimate of drug-likeness (QED) is 0.356. The number of benzene rings is 2. The minimum Gasteiger partial charge on any atom is -0.383 e. The van der Waals surface area contributed by atoms with E-state index in [2.05, 4.69) is 54.9 Å². The lowest BCUT2D eigenvalue weighted by atomic mass is 10.0. The fraction of sp³-hybridized carbons (Fsp3) is 0.419. The number of hydrogen-bond acceptors (Lipinski definition) is 3. The summed E-state index contributed by atoms with van der Waals surface area (Å²) < 4.78 is 7.43. The van der Waals surface area contributed by atoms with Gasteiger partial charge in [-0.15, -0.1) is 0 Å². The third kappa shape index (κ3) is 7.80. The molecule has 1 heterocycles. The van der Waals surface area contributed by atoms with Crippen molar-refractivity contribution in [3.05, 3.63) is 94.8 Å². The Morgan fingerprint density at radius 1 is 0.973 bits per heavy atom. The van der Waals surface area contributed by atoms with E-state index in [0.29, 0.717) is 25.3 Å². The fourth-order valence-electron chi connectivity index (χ4n) is 4.38. The van der Waals surface area contributed by atoms with Crippen LogP contribution in [0.25, 0.3) is 0 Å². The molecule has 0 fully saturated rings. The van der Waals surface area contributed by atoms with Crippen LogP contribution in [0.4, 0.5) is 0 Å². The minimum atomic E-state index is -0.422. The van der Waals surface area contributed by atoms with Crippen molar-refractivity contribution < 1.29 is 14.3 Å². The van der Waals surface area contributed by atoms with Gasteiger partial charge < -0.3 is 19.1 Å². The van der Waals surface area contributed by atoms with Crippen LogP contribution < -0.4 is 0 Å². The van der Waals surface area contributed by atoms with Crippen molar-refractivity contribution in [2.75, 3.05) is 26.8 Å². The second-order valence-corrected chi connectivity index (χ2v) is 10.5. The summed E-state index contributed by atoms with van der Waals surface area (Å²) >= 11 is 0. The number of hydrogen-bond donors (Lipinski definition) is 0. The highest BCUT2D eigenvalue weighted by molar-refractivity contribution is 5.96. The van der Waals surface area contributed by atoms with Crippen LogP contribution in [0.3, 0.4) is 0 Å². The van der Waals surface area contributed by atoms with Gasteiger partial charge >= 0.3 is 0 Å². The Labute approximate surface area is 221 Å². The lowest BCUT2D eigenvalue weighted by Gasteiger charge is -2.37. The molecule has 0 bridgehead atoms. The molecule has 1 aromatic heterocycles. The first-order valence-electron chi connectivity index (χ1n) is 13.0. The summed E-state index contributed by atoms with van der Waals surface area (Å²) in [7, 11) is 1.60. The number of aromatic nitrogens is 1. The average molecular weight is 504 g/mol.